The second-order valence-corrected chi connectivity index (χ2v) is 9.51. The first-order valence-electron chi connectivity index (χ1n) is 6.83. The van der Waals surface area contributed by atoms with E-state index in [-0.39, 0.29) is 6.10 Å². The van der Waals surface area contributed by atoms with Gasteiger partial charge in [-0.1, -0.05) is 6.92 Å². The van der Waals surface area contributed by atoms with Gasteiger partial charge in [0.25, 0.3) is 0 Å². The van der Waals surface area contributed by atoms with Crippen LogP contribution in [0.25, 0.3) is 0 Å². The van der Waals surface area contributed by atoms with Crippen molar-refractivity contribution in [1.29, 1.82) is 0 Å². The molecule has 1 aromatic rings. The quantitative estimate of drug-likeness (QED) is 0.784. The molecule has 1 unspecified atom stereocenters. The summed E-state index contributed by atoms with van der Waals surface area (Å²) in [6, 6.07) is 1.70. The summed E-state index contributed by atoms with van der Waals surface area (Å²) in [5, 5.41) is 0. The highest BCUT2D eigenvalue weighted by Crippen LogP contribution is 2.32. The van der Waals surface area contributed by atoms with Gasteiger partial charge in [-0.05, 0) is 48.2 Å². The normalized spacial score (nSPS) is 21.2. The smallest absolute Gasteiger partial charge is 0.244 e. The van der Waals surface area contributed by atoms with Crippen molar-refractivity contribution in [2.24, 2.45) is 0 Å². The van der Waals surface area contributed by atoms with E-state index in [2.05, 4.69) is 22.9 Å². The van der Waals surface area contributed by atoms with Crippen molar-refractivity contribution in [2.45, 2.75) is 44.1 Å². The van der Waals surface area contributed by atoms with Crippen LogP contribution in [-0.4, -0.2) is 38.5 Å². The molecule has 1 aliphatic rings. The zero-order valence-corrected chi connectivity index (χ0v) is 15.0. The molecule has 0 saturated carbocycles. The molecule has 1 atom stereocenters. The Kier molecular flexibility index (Phi) is 5.64. The van der Waals surface area contributed by atoms with Crippen LogP contribution in [0.5, 0.6) is 0 Å². The van der Waals surface area contributed by atoms with Crippen LogP contribution >= 0.6 is 27.3 Å². The molecule has 1 aliphatic heterocycles. The number of halogens is 1. The van der Waals surface area contributed by atoms with Crippen molar-refractivity contribution in [1.82, 2.24) is 4.31 Å². The zero-order chi connectivity index (χ0) is 14.8. The summed E-state index contributed by atoms with van der Waals surface area (Å²) in [7, 11) is -3.40. The highest BCUT2D eigenvalue weighted by atomic mass is 79.9. The number of thiophene rings is 1. The molecule has 0 radical (unpaired) electrons. The van der Waals surface area contributed by atoms with E-state index in [4.69, 9.17) is 4.74 Å². The molecule has 7 heteroatoms. The number of sulfonamides is 1. The number of hydrogen-bond acceptors (Lipinski definition) is 4. The first kappa shape index (κ1) is 16.4. The van der Waals surface area contributed by atoms with E-state index in [1.165, 1.54) is 11.3 Å². The third-order valence-electron chi connectivity index (χ3n) is 3.36. The summed E-state index contributed by atoms with van der Waals surface area (Å²) in [5.74, 6) is 0. The van der Waals surface area contributed by atoms with Crippen LogP contribution < -0.4 is 0 Å². The largest absolute Gasteiger partial charge is 0.377 e. The number of nitrogens with zero attached hydrogens (tertiary/aromatic N) is 1. The second-order valence-electron chi connectivity index (χ2n) is 4.97. The van der Waals surface area contributed by atoms with Crippen LogP contribution in [0, 0.1) is 6.92 Å². The van der Waals surface area contributed by atoms with E-state index in [9.17, 15) is 8.42 Å². The van der Waals surface area contributed by atoms with Crippen LogP contribution in [0.1, 0.15) is 31.1 Å². The summed E-state index contributed by atoms with van der Waals surface area (Å²) in [5.41, 5.74) is 0. The van der Waals surface area contributed by atoms with E-state index in [0.717, 1.165) is 27.9 Å². The lowest BCUT2D eigenvalue weighted by Gasteiger charge is -2.31. The van der Waals surface area contributed by atoms with E-state index in [1.54, 1.807) is 10.4 Å². The van der Waals surface area contributed by atoms with Crippen molar-refractivity contribution < 1.29 is 13.2 Å². The molecule has 4 nitrogen and oxygen atoms in total. The SMILES string of the molecule is CCCOC1CCCN(S(=O)(=O)c2cc(Br)sc2C)C1. The van der Waals surface area contributed by atoms with Crippen LogP contribution in [0.4, 0.5) is 0 Å². The molecule has 2 heterocycles. The number of piperidine rings is 1. The maximum atomic E-state index is 12.7. The van der Waals surface area contributed by atoms with Crippen molar-refractivity contribution in [2.75, 3.05) is 19.7 Å². The third-order valence-corrected chi connectivity index (χ3v) is 7.03. The minimum atomic E-state index is -3.40. The fourth-order valence-electron chi connectivity index (χ4n) is 2.37. The van der Waals surface area contributed by atoms with E-state index in [0.29, 0.717) is 24.6 Å². The van der Waals surface area contributed by atoms with E-state index >= 15 is 0 Å². The topological polar surface area (TPSA) is 46.6 Å². The van der Waals surface area contributed by atoms with Gasteiger partial charge in [0, 0.05) is 24.6 Å². The Labute approximate surface area is 133 Å². The maximum Gasteiger partial charge on any atom is 0.244 e. The van der Waals surface area contributed by atoms with Gasteiger partial charge in [0.2, 0.25) is 10.0 Å². The summed E-state index contributed by atoms with van der Waals surface area (Å²) < 4.78 is 33.5. The molecule has 0 aliphatic carbocycles. The zero-order valence-electron chi connectivity index (χ0n) is 11.8. The number of hydrogen-bond donors (Lipinski definition) is 0. The fourth-order valence-corrected chi connectivity index (χ4v) is 6.26. The van der Waals surface area contributed by atoms with Crippen LogP contribution in [0.2, 0.25) is 0 Å². The Bertz CT molecular complexity index is 556. The average molecular weight is 382 g/mol. The Morgan fingerprint density at radius 3 is 2.90 bits per heavy atom. The minimum Gasteiger partial charge on any atom is -0.377 e. The second kappa shape index (κ2) is 6.87. The van der Waals surface area contributed by atoms with Crippen molar-refractivity contribution in [3.8, 4) is 0 Å². The Balaban J connectivity index is 2.15. The Morgan fingerprint density at radius 2 is 2.30 bits per heavy atom. The number of ether oxygens (including phenoxy) is 1. The summed E-state index contributed by atoms with van der Waals surface area (Å²) in [4.78, 5) is 1.25. The average Bonchev–Trinajstić information content (AvgIpc) is 2.76. The molecule has 1 aromatic heterocycles. The molecule has 0 aromatic carbocycles. The molecule has 0 amide bonds. The summed E-state index contributed by atoms with van der Waals surface area (Å²) in [6.45, 7) is 5.65. The molecule has 114 valence electrons. The molecule has 0 N–H and O–H groups in total. The van der Waals surface area contributed by atoms with Gasteiger partial charge in [0.05, 0.1) is 14.8 Å². The van der Waals surface area contributed by atoms with Crippen LogP contribution in [-0.2, 0) is 14.8 Å². The van der Waals surface area contributed by atoms with Gasteiger partial charge in [0.15, 0.2) is 0 Å². The van der Waals surface area contributed by atoms with Crippen molar-refractivity contribution in [3.05, 3.63) is 14.7 Å². The molecule has 1 fully saturated rings. The van der Waals surface area contributed by atoms with Gasteiger partial charge in [-0.25, -0.2) is 8.42 Å². The van der Waals surface area contributed by atoms with Gasteiger partial charge < -0.3 is 4.74 Å². The summed E-state index contributed by atoms with van der Waals surface area (Å²) in [6.07, 6.45) is 2.79. The lowest BCUT2D eigenvalue weighted by atomic mass is 10.1. The van der Waals surface area contributed by atoms with Gasteiger partial charge in [0.1, 0.15) is 0 Å². The molecular weight excluding hydrogens is 362 g/mol. The standard InChI is InChI=1S/C13H20BrNO3S2/c1-3-7-18-11-5-4-6-15(9-11)20(16,17)12-8-13(14)19-10(12)2/h8,11H,3-7,9H2,1-2H3. The first-order valence-corrected chi connectivity index (χ1v) is 9.87. The van der Waals surface area contributed by atoms with Crippen molar-refractivity contribution in [3.63, 3.8) is 0 Å². The van der Waals surface area contributed by atoms with Gasteiger partial charge in [-0.3, -0.25) is 0 Å². The first-order chi connectivity index (χ1) is 9.45. The molecule has 0 bridgehead atoms. The highest BCUT2D eigenvalue weighted by Gasteiger charge is 2.32. The van der Waals surface area contributed by atoms with Crippen LogP contribution in [0.15, 0.2) is 14.7 Å². The third kappa shape index (κ3) is 3.62. The maximum absolute atomic E-state index is 12.7. The predicted molar refractivity (Wildman–Crippen MR) is 84.8 cm³/mol. The van der Waals surface area contributed by atoms with Crippen molar-refractivity contribution >= 4 is 37.3 Å². The van der Waals surface area contributed by atoms with Gasteiger partial charge in [-0.15, -0.1) is 11.3 Å². The molecule has 20 heavy (non-hydrogen) atoms. The number of rotatable bonds is 5. The number of aryl methyl sites for hydroxylation is 1. The predicted octanol–water partition coefficient (Wildman–Crippen LogP) is 3.40. The molecular formula is C13H20BrNO3S2. The molecule has 0 spiro atoms. The van der Waals surface area contributed by atoms with Gasteiger partial charge in [-0.2, -0.15) is 4.31 Å². The van der Waals surface area contributed by atoms with E-state index < -0.39 is 10.0 Å². The fraction of sp³-hybridized carbons (Fsp3) is 0.692. The molecule has 1 saturated heterocycles. The minimum absolute atomic E-state index is 0.0286. The monoisotopic (exact) mass is 381 g/mol. The van der Waals surface area contributed by atoms with Gasteiger partial charge >= 0.3 is 0 Å². The lowest BCUT2D eigenvalue weighted by Crippen LogP contribution is -2.43. The lowest BCUT2D eigenvalue weighted by molar-refractivity contribution is 0.0193. The summed E-state index contributed by atoms with van der Waals surface area (Å²) >= 11 is 4.81. The molecule has 2 rings (SSSR count). The van der Waals surface area contributed by atoms with Crippen LogP contribution in [0.3, 0.4) is 0 Å². The Morgan fingerprint density at radius 1 is 1.55 bits per heavy atom. The van der Waals surface area contributed by atoms with E-state index in [1.807, 2.05) is 6.92 Å². The highest BCUT2D eigenvalue weighted by molar-refractivity contribution is 9.11. The Hall–Kier alpha value is 0.0500.